The van der Waals surface area contributed by atoms with Crippen LogP contribution in [-0.2, 0) is 23.8 Å². The summed E-state index contributed by atoms with van der Waals surface area (Å²) in [6, 6.07) is 12.5. The summed E-state index contributed by atoms with van der Waals surface area (Å²) in [5.41, 5.74) is 1.71. The summed E-state index contributed by atoms with van der Waals surface area (Å²) in [7, 11) is 1.71. The number of alkyl halides is 3. The van der Waals surface area contributed by atoms with Gasteiger partial charge in [-0.05, 0) is 35.7 Å². The monoisotopic (exact) mass is 459 g/mol. The van der Waals surface area contributed by atoms with E-state index in [2.05, 4.69) is 10.3 Å². The Balaban J connectivity index is 1.70. The first-order valence-electron chi connectivity index (χ1n) is 9.90. The quantitative estimate of drug-likeness (QED) is 0.447. The van der Waals surface area contributed by atoms with Gasteiger partial charge in [-0.2, -0.15) is 18.2 Å². The number of benzene rings is 2. The molecule has 0 fully saturated rings. The molecule has 2 aromatic carbocycles. The van der Waals surface area contributed by atoms with E-state index in [-0.39, 0.29) is 17.9 Å². The number of carbonyl (C=O) groups is 1. The van der Waals surface area contributed by atoms with Gasteiger partial charge in [0.1, 0.15) is 5.82 Å². The van der Waals surface area contributed by atoms with Gasteiger partial charge < -0.3 is 9.88 Å². The number of amides is 1. The third-order valence-electron chi connectivity index (χ3n) is 5.56. The first kappa shape index (κ1) is 22.1. The molecule has 1 amide bonds. The number of hydrogen-bond acceptors (Lipinski definition) is 4. The Bertz CT molecular complexity index is 1240. The SMILES string of the molecule is Cc1ccccc1CSc1nc(=O)c2c(n1C)NC(=O)CC2c1ccc(C(F)(F)F)cc1. The van der Waals surface area contributed by atoms with Crippen LogP contribution in [0, 0.1) is 6.92 Å². The van der Waals surface area contributed by atoms with Crippen molar-refractivity contribution in [1.82, 2.24) is 9.55 Å². The number of fused-ring (bicyclic) bond motifs is 1. The van der Waals surface area contributed by atoms with Gasteiger partial charge in [0.05, 0.1) is 11.1 Å². The van der Waals surface area contributed by atoms with Crippen molar-refractivity contribution in [1.29, 1.82) is 0 Å². The van der Waals surface area contributed by atoms with Crippen LogP contribution in [0.15, 0.2) is 58.5 Å². The molecule has 1 aromatic heterocycles. The van der Waals surface area contributed by atoms with Gasteiger partial charge in [0.25, 0.3) is 5.56 Å². The van der Waals surface area contributed by atoms with E-state index >= 15 is 0 Å². The standard InChI is InChI=1S/C23H20F3N3O2S/c1-13-5-3-4-6-15(13)12-32-22-28-21(31)19-17(11-18(30)27-20(19)29(22)2)14-7-9-16(10-8-14)23(24,25)26/h3-10,17H,11-12H2,1-2H3,(H,27,30). The second-order valence-corrected chi connectivity index (χ2v) is 8.60. The Morgan fingerprint density at radius 2 is 1.81 bits per heavy atom. The molecule has 5 nitrogen and oxygen atoms in total. The van der Waals surface area contributed by atoms with Gasteiger partial charge in [-0.3, -0.25) is 9.59 Å². The van der Waals surface area contributed by atoms with E-state index in [9.17, 15) is 22.8 Å². The van der Waals surface area contributed by atoms with Crippen LogP contribution in [-0.4, -0.2) is 15.5 Å². The second-order valence-electron chi connectivity index (χ2n) is 7.66. The minimum atomic E-state index is -4.46. The van der Waals surface area contributed by atoms with Gasteiger partial charge in [-0.25, -0.2) is 0 Å². The highest BCUT2D eigenvalue weighted by molar-refractivity contribution is 7.98. The third kappa shape index (κ3) is 4.29. The normalized spacial score (nSPS) is 15.9. The summed E-state index contributed by atoms with van der Waals surface area (Å²) in [5, 5.41) is 3.19. The molecule has 9 heteroatoms. The van der Waals surface area contributed by atoms with Crippen LogP contribution >= 0.6 is 11.8 Å². The largest absolute Gasteiger partial charge is 0.416 e. The fraction of sp³-hybridized carbons (Fsp3) is 0.261. The molecule has 32 heavy (non-hydrogen) atoms. The first-order chi connectivity index (χ1) is 15.1. The van der Waals surface area contributed by atoms with Crippen molar-refractivity contribution < 1.29 is 18.0 Å². The van der Waals surface area contributed by atoms with Crippen molar-refractivity contribution in [2.75, 3.05) is 5.32 Å². The number of aromatic nitrogens is 2. The number of hydrogen-bond donors (Lipinski definition) is 1. The predicted molar refractivity (Wildman–Crippen MR) is 117 cm³/mol. The molecule has 1 aliphatic rings. The van der Waals surface area contributed by atoms with Crippen molar-refractivity contribution in [2.45, 2.75) is 36.3 Å². The average Bonchev–Trinajstić information content (AvgIpc) is 2.75. The van der Waals surface area contributed by atoms with E-state index in [1.54, 1.807) is 11.6 Å². The van der Waals surface area contributed by atoms with Gasteiger partial charge in [0.2, 0.25) is 5.91 Å². The molecule has 1 atom stereocenters. The molecule has 0 saturated heterocycles. The number of anilines is 1. The minimum absolute atomic E-state index is 0.0367. The molecule has 4 rings (SSSR count). The molecule has 2 heterocycles. The summed E-state index contributed by atoms with van der Waals surface area (Å²) < 4.78 is 40.4. The fourth-order valence-electron chi connectivity index (χ4n) is 3.77. The number of aryl methyl sites for hydroxylation is 1. The van der Waals surface area contributed by atoms with Crippen LogP contribution in [0.1, 0.15) is 40.2 Å². The lowest BCUT2D eigenvalue weighted by atomic mass is 9.86. The van der Waals surface area contributed by atoms with Gasteiger partial charge >= 0.3 is 6.18 Å². The zero-order chi connectivity index (χ0) is 23.0. The lowest BCUT2D eigenvalue weighted by Gasteiger charge is -2.27. The maximum atomic E-state index is 13.0. The zero-order valence-electron chi connectivity index (χ0n) is 17.4. The van der Waals surface area contributed by atoms with Crippen LogP contribution in [0.3, 0.4) is 0 Å². The Kier molecular flexibility index (Phi) is 5.85. The van der Waals surface area contributed by atoms with Crippen molar-refractivity contribution in [3.63, 3.8) is 0 Å². The summed E-state index contributed by atoms with van der Waals surface area (Å²) >= 11 is 1.38. The van der Waals surface area contributed by atoms with Gasteiger partial charge in [-0.15, -0.1) is 0 Å². The van der Waals surface area contributed by atoms with Gasteiger partial charge in [0.15, 0.2) is 5.16 Å². The molecule has 166 valence electrons. The van der Waals surface area contributed by atoms with Crippen LogP contribution in [0.5, 0.6) is 0 Å². The molecule has 1 aliphatic heterocycles. The lowest BCUT2D eigenvalue weighted by molar-refractivity contribution is -0.137. The molecule has 0 aliphatic carbocycles. The van der Waals surface area contributed by atoms with E-state index in [0.29, 0.717) is 22.3 Å². The van der Waals surface area contributed by atoms with E-state index in [1.807, 2.05) is 31.2 Å². The number of nitrogens with one attached hydrogen (secondary N) is 1. The van der Waals surface area contributed by atoms with Crippen LogP contribution < -0.4 is 10.9 Å². The molecule has 0 bridgehead atoms. The molecular formula is C23H20F3N3O2S. The van der Waals surface area contributed by atoms with Crippen molar-refractivity contribution in [2.24, 2.45) is 7.05 Å². The number of nitrogens with zero attached hydrogens (tertiary/aromatic N) is 2. The van der Waals surface area contributed by atoms with E-state index in [1.165, 1.54) is 23.9 Å². The smallest absolute Gasteiger partial charge is 0.312 e. The zero-order valence-corrected chi connectivity index (χ0v) is 18.2. The van der Waals surface area contributed by atoms with Crippen LogP contribution in [0.25, 0.3) is 0 Å². The number of thioether (sulfide) groups is 1. The van der Waals surface area contributed by atoms with Crippen LogP contribution in [0.4, 0.5) is 19.0 Å². The average molecular weight is 459 g/mol. The topological polar surface area (TPSA) is 64.0 Å². The number of halogens is 3. The molecule has 1 unspecified atom stereocenters. The van der Waals surface area contributed by atoms with Gasteiger partial charge in [0, 0.05) is 25.1 Å². The fourth-order valence-corrected chi connectivity index (χ4v) is 4.81. The van der Waals surface area contributed by atoms with E-state index in [0.717, 1.165) is 23.3 Å². The number of rotatable bonds is 4. The highest BCUT2D eigenvalue weighted by Gasteiger charge is 2.34. The molecule has 1 N–H and O–H groups in total. The Morgan fingerprint density at radius 3 is 2.47 bits per heavy atom. The summed E-state index contributed by atoms with van der Waals surface area (Å²) in [5.74, 6) is -0.0401. The van der Waals surface area contributed by atoms with Crippen LogP contribution in [0.2, 0.25) is 0 Å². The second kappa shape index (κ2) is 8.46. The lowest BCUT2D eigenvalue weighted by Crippen LogP contribution is -2.33. The minimum Gasteiger partial charge on any atom is -0.312 e. The third-order valence-corrected chi connectivity index (χ3v) is 6.64. The maximum absolute atomic E-state index is 13.0. The Morgan fingerprint density at radius 1 is 1.12 bits per heavy atom. The summed E-state index contributed by atoms with van der Waals surface area (Å²) in [6.45, 7) is 2.00. The first-order valence-corrected chi connectivity index (χ1v) is 10.9. The molecule has 3 aromatic rings. The summed E-state index contributed by atoms with van der Waals surface area (Å²) in [6.07, 6.45) is -4.49. The molecule has 0 spiro atoms. The van der Waals surface area contributed by atoms with E-state index in [4.69, 9.17) is 0 Å². The highest BCUT2D eigenvalue weighted by Crippen LogP contribution is 2.37. The molecule has 0 saturated carbocycles. The van der Waals surface area contributed by atoms with Crippen molar-refractivity contribution >= 4 is 23.5 Å². The maximum Gasteiger partial charge on any atom is 0.416 e. The van der Waals surface area contributed by atoms with Crippen molar-refractivity contribution in [3.05, 3.63) is 86.7 Å². The Hall–Kier alpha value is -3.07. The number of carbonyl (C=O) groups excluding carboxylic acids is 1. The molecular weight excluding hydrogens is 439 g/mol. The van der Waals surface area contributed by atoms with Crippen molar-refractivity contribution in [3.8, 4) is 0 Å². The molecule has 0 radical (unpaired) electrons. The highest BCUT2D eigenvalue weighted by atomic mass is 32.2. The van der Waals surface area contributed by atoms with E-state index < -0.39 is 23.2 Å². The summed E-state index contributed by atoms with van der Waals surface area (Å²) in [4.78, 5) is 29.6. The Labute approximate surface area is 186 Å². The predicted octanol–water partition coefficient (Wildman–Crippen LogP) is 4.87. The van der Waals surface area contributed by atoms with Gasteiger partial charge in [-0.1, -0.05) is 48.2 Å².